The number of carboxylic acid groups (broad SMARTS) is 1. The number of nitrogens with zero attached hydrogens (tertiary/aromatic N) is 3. The Bertz CT molecular complexity index is 1610. The van der Waals surface area contributed by atoms with Crippen LogP contribution in [-0.2, 0) is 43.6 Å². The number of halogens is 5. The van der Waals surface area contributed by atoms with E-state index < -0.39 is 30.1 Å². The quantitative estimate of drug-likeness (QED) is 0.229. The fraction of sp³-hybridized carbons (Fsp3) is 0.310. The largest absolute Gasteiger partial charge is 0.488 e. The predicted molar refractivity (Wildman–Crippen MR) is 144 cm³/mol. The summed E-state index contributed by atoms with van der Waals surface area (Å²) in [6.45, 7) is 1.66. The maximum atomic E-state index is 14.2. The molecule has 0 spiro atoms. The van der Waals surface area contributed by atoms with E-state index in [1.807, 2.05) is 4.57 Å². The number of alkyl halides is 3. The third kappa shape index (κ3) is 6.32. The zero-order chi connectivity index (χ0) is 29.3. The molecule has 0 fully saturated rings. The number of carbonyl (C=O) groups is 1. The highest BCUT2D eigenvalue weighted by molar-refractivity contribution is 6.30. The van der Waals surface area contributed by atoms with Crippen LogP contribution in [-0.4, -0.2) is 45.8 Å². The van der Waals surface area contributed by atoms with Crippen LogP contribution >= 0.6 is 11.6 Å². The second-order valence-corrected chi connectivity index (χ2v) is 10.2. The van der Waals surface area contributed by atoms with Crippen molar-refractivity contribution in [1.29, 1.82) is 0 Å². The number of hydrogen-bond donors (Lipinski definition) is 1. The number of imidazole rings is 1. The van der Waals surface area contributed by atoms with E-state index in [4.69, 9.17) is 26.1 Å². The molecule has 41 heavy (non-hydrogen) atoms. The summed E-state index contributed by atoms with van der Waals surface area (Å²) in [5.41, 5.74) is 1.85. The smallest absolute Gasteiger partial charge is 0.419 e. The van der Waals surface area contributed by atoms with Gasteiger partial charge in [-0.05, 0) is 60.0 Å². The minimum absolute atomic E-state index is 0.0860. The van der Waals surface area contributed by atoms with Crippen LogP contribution in [0.5, 0.6) is 5.75 Å². The lowest BCUT2D eigenvalue weighted by Crippen LogP contribution is -2.31. The summed E-state index contributed by atoms with van der Waals surface area (Å²) in [7, 11) is 1.57. The van der Waals surface area contributed by atoms with Gasteiger partial charge in [-0.3, -0.25) is 4.90 Å². The lowest BCUT2D eigenvalue weighted by Gasteiger charge is -2.30. The zero-order valence-electron chi connectivity index (χ0n) is 22.0. The van der Waals surface area contributed by atoms with Crippen molar-refractivity contribution in [2.75, 3.05) is 20.3 Å². The van der Waals surface area contributed by atoms with Gasteiger partial charge < -0.3 is 19.1 Å². The van der Waals surface area contributed by atoms with Gasteiger partial charge in [-0.15, -0.1) is 0 Å². The van der Waals surface area contributed by atoms with E-state index >= 15 is 0 Å². The molecule has 7 nitrogen and oxygen atoms in total. The summed E-state index contributed by atoms with van der Waals surface area (Å²) in [5, 5.41) is 9.60. The second kappa shape index (κ2) is 11.7. The molecule has 0 saturated carbocycles. The first-order valence-electron chi connectivity index (χ1n) is 12.8. The molecule has 0 unspecified atom stereocenters. The number of aromatic carboxylic acids is 1. The maximum Gasteiger partial charge on any atom is 0.419 e. The van der Waals surface area contributed by atoms with Gasteiger partial charge in [0.05, 0.1) is 35.3 Å². The minimum atomic E-state index is -4.65. The lowest BCUT2D eigenvalue weighted by molar-refractivity contribution is -0.139. The van der Waals surface area contributed by atoms with Gasteiger partial charge in [0.25, 0.3) is 0 Å². The predicted octanol–water partition coefficient (Wildman–Crippen LogP) is 6.33. The average Bonchev–Trinajstić information content (AvgIpc) is 3.26. The Balaban J connectivity index is 1.42. The summed E-state index contributed by atoms with van der Waals surface area (Å²) < 4.78 is 68.7. The van der Waals surface area contributed by atoms with Gasteiger partial charge in [-0.25, -0.2) is 14.2 Å². The van der Waals surface area contributed by atoms with Crippen molar-refractivity contribution in [1.82, 2.24) is 14.5 Å². The van der Waals surface area contributed by atoms with Crippen LogP contribution in [0.3, 0.4) is 0 Å². The summed E-state index contributed by atoms with van der Waals surface area (Å²) in [6, 6.07) is 11.1. The van der Waals surface area contributed by atoms with Crippen molar-refractivity contribution in [2.45, 2.75) is 38.8 Å². The van der Waals surface area contributed by atoms with Crippen molar-refractivity contribution in [2.24, 2.45) is 0 Å². The van der Waals surface area contributed by atoms with Crippen LogP contribution in [0, 0.1) is 5.82 Å². The molecule has 3 aromatic carbocycles. The van der Waals surface area contributed by atoms with Crippen molar-refractivity contribution >= 4 is 28.6 Å². The van der Waals surface area contributed by atoms with Crippen molar-refractivity contribution in [3.63, 3.8) is 0 Å². The van der Waals surface area contributed by atoms with Gasteiger partial charge in [-0.1, -0.05) is 17.7 Å². The fourth-order valence-corrected chi connectivity index (χ4v) is 5.13. The number of ether oxygens (including phenoxy) is 2. The second-order valence-electron chi connectivity index (χ2n) is 9.78. The van der Waals surface area contributed by atoms with Gasteiger partial charge in [-0.2, -0.15) is 13.2 Å². The molecule has 0 saturated heterocycles. The number of aromatic nitrogens is 2. The maximum absolute atomic E-state index is 14.2. The summed E-state index contributed by atoms with van der Waals surface area (Å²) >= 11 is 5.78. The standard InChI is InChI=1S/C29H26ClF4N3O4/c1-40-9-8-37-25-11-18(28(38)39)3-5-24(25)35-27(37)15-36-7-6-17-10-22(29(32,33)34)26(12-20(17)14-36)41-16-19-2-4-21(30)13-23(19)31/h2-5,10-13H,6-9,14-16H2,1H3,(H,38,39). The third-order valence-corrected chi connectivity index (χ3v) is 7.29. The van der Waals surface area contributed by atoms with E-state index in [9.17, 15) is 27.5 Å². The SMILES string of the molecule is COCCn1c(CN2CCc3cc(C(F)(F)F)c(OCc4ccc(Cl)cc4F)cc3C2)nc2ccc(C(=O)O)cc21. The molecule has 4 aromatic rings. The minimum Gasteiger partial charge on any atom is -0.488 e. The Hall–Kier alpha value is -3.67. The first-order chi connectivity index (χ1) is 19.5. The van der Waals surface area contributed by atoms with Crippen molar-refractivity contribution in [3.8, 4) is 5.75 Å². The Morgan fingerprint density at radius 2 is 1.93 bits per heavy atom. The molecule has 0 bridgehead atoms. The van der Waals surface area contributed by atoms with Crippen LogP contribution in [0.1, 0.15) is 38.4 Å². The Morgan fingerprint density at radius 3 is 2.63 bits per heavy atom. The first-order valence-corrected chi connectivity index (χ1v) is 13.1. The van der Waals surface area contributed by atoms with Gasteiger partial charge in [0.1, 0.15) is 24.0 Å². The number of fused-ring (bicyclic) bond motifs is 2. The summed E-state index contributed by atoms with van der Waals surface area (Å²) in [6.07, 6.45) is -4.27. The van der Waals surface area contributed by atoms with E-state index in [-0.39, 0.29) is 21.9 Å². The molecular weight excluding hydrogens is 566 g/mol. The first kappa shape index (κ1) is 28.8. The Morgan fingerprint density at radius 1 is 1.12 bits per heavy atom. The summed E-state index contributed by atoms with van der Waals surface area (Å²) in [5.74, 6) is -1.40. The monoisotopic (exact) mass is 591 g/mol. The number of rotatable bonds is 9. The molecule has 2 heterocycles. The molecule has 1 aromatic heterocycles. The molecule has 0 radical (unpaired) electrons. The zero-order valence-corrected chi connectivity index (χ0v) is 22.7. The molecule has 1 N–H and O–H groups in total. The van der Waals surface area contributed by atoms with Crippen LogP contribution in [0.25, 0.3) is 11.0 Å². The number of benzene rings is 3. The van der Waals surface area contributed by atoms with E-state index in [2.05, 4.69) is 4.90 Å². The van der Waals surface area contributed by atoms with E-state index in [0.717, 1.165) is 12.1 Å². The van der Waals surface area contributed by atoms with E-state index in [0.29, 0.717) is 67.2 Å². The van der Waals surface area contributed by atoms with Gasteiger partial charge in [0, 0.05) is 37.3 Å². The van der Waals surface area contributed by atoms with Gasteiger partial charge in [0.2, 0.25) is 0 Å². The molecule has 0 atom stereocenters. The van der Waals surface area contributed by atoms with Crippen LogP contribution in [0.15, 0.2) is 48.5 Å². The molecule has 0 amide bonds. The third-order valence-electron chi connectivity index (χ3n) is 7.06. The fourth-order valence-electron chi connectivity index (χ4n) is 4.97. The molecule has 0 aliphatic carbocycles. The van der Waals surface area contributed by atoms with Crippen LogP contribution in [0.4, 0.5) is 17.6 Å². The lowest BCUT2D eigenvalue weighted by atomic mass is 9.96. The van der Waals surface area contributed by atoms with Gasteiger partial charge >= 0.3 is 12.1 Å². The topological polar surface area (TPSA) is 76.8 Å². The Labute approximate surface area is 237 Å². The van der Waals surface area contributed by atoms with Gasteiger partial charge in [0.15, 0.2) is 0 Å². The summed E-state index contributed by atoms with van der Waals surface area (Å²) in [4.78, 5) is 18.3. The number of carboxylic acids is 1. The highest BCUT2D eigenvalue weighted by Crippen LogP contribution is 2.40. The molecule has 216 valence electrons. The van der Waals surface area contributed by atoms with Crippen LogP contribution in [0.2, 0.25) is 5.02 Å². The highest BCUT2D eigenvalue weighted by Gasteiger charge is 2.36. The average molecular weight is 592 g/mol. The molecule has 1 aliphatic heterocycles. The molecule has 12 heteroatoms. The Kier molecular flexibility index (Phi) is 8.21. The van der Waals surface area contributed by atoms with Crippen molar-refractivity contribution in [3.05, 3.63) is 93.0 Å². The van der Waals surface area contributed by atoms with E-state index in [1.165, 1.54) is 24.3 Å². The molecule has 5 rings (SSSR count). The number of methoxy groups -OCH3 is 1. The highest BCUT2D eigenvalue weighted by atomic mass is 35.5. The molecular formula is C29H26ClF4N3O4. The van der Waals surface area contributed by atoms with Crippen molar-refractivity contribution < 1.29 is 36.9 Å². The molecule has 1 aliphatic rings. The van der Waals surface area contributed by atoms with E-state index in [1.54, 1.807) is 19.2 Å². The number of hydrogen-bond acceptors (Lipinski definition) is 5. The normalized spacial score (nSPS) is 13.9. The van der Waals surface area contributed by atoms with Crippen LogP contribution < -0.4 is 4.74 Å².